The third-order valence-corrected chi connectivity index (χ3v) is 2.87. The molecule has 0 spiro atoms. The maximum Gasteiger partial charge on any atom is 2.00 e. The summed E-state index contributed by atoms with van der Waals surface area (Å²) in [6.45, 7) is 14.3. The van der Waals surface area contributed by atoms with Crippen LogP contribution < -0.4 is 17.0 Å². The number of aliphatic hydroxyl groups is 1. The number of allylic oxidation sites excluding steroid dienone is 3. The molecule has 1 fully saturated rings. The van der Waals surface area contributed by atoms with Gasteiger partial charge in [-0.1, -0.05) is 40.6 Å². The maximum atomic E-state index is 8.71. The van der Waals surface area contributed by atoms with Crippen LogP contribution in [0.4, 0.5) is 0 Å². The van der Waals surface area contributed by atoms with E-state index in [1.54, 1.807) is 0 Å². The van der Waals surface area contributed by atoms with Gasteiger partial charge in [0.15, 0.2) is 0 Å². The van der Waals surface area contributed by atoms with E-state index in [1.165, 1.54) is 6.42 Å². The smallest absolute Gasteiger partial charge is 1.00 e. The molecule has 1 rings (SSSR count). The van der Waals surface area contributed by atoms with Crippen molar-refractivity contribution in [2.24, 2.45) is 5.92 Å². The van der Waals surface area contributed by atoms with Crippen molar-refractivity contribution in [2.45, 2.75) is 44.6 Å². The normalized spacial score (nSPS) is 17.6. The minimum Gasteiger partial charge on any atom is -1.00 e. The van der Waals surface area contributed by atoms with E-state index in [0.717, 1.165) is 37.4 Å². The Labute approximate surface area is 161 Å². The SMILES string of the molecule is C=CCC1CC1O.C=CCCCBr.C=CCC[CH2-].[Br-].[Mg+2]. The average Bonchev–Trinajstić information content (AvgIpc) is 3.06. The van der Waals surface area contributed by atoms with Crippen LogP contribution in [0.25, 0.3) is 0 Å². The van der Waals surface area contributed by atoms with Crippen LogP contribution in [0.15, 0.2) is 38.0 Å². The first kappa shape index (κ1) is 29.0. The van der Waals surface area contributed by atoms with Gasteiger partial charge in [-0.15, -0.1) is 19.7 Å². The van der Waals surface area contributed by atoms with Crippen LogP contribution in [0.5, 0.6) is 0 Å². The first-order valence-electron chi connectivity index (χ1n) is 6.53. The number of halogens is 2. The predicted octanol–water partition coefficient (Wildman–Crippen LogP) is 1.70. The zero-order chi connectivity index (χ0) is 14.2. The predicted molar refractivity (Wildman–Crippen MR) is 92.7 cm³/mol. The summed E-state index contributed by atoms with van der Waals surface area (Å²) < 4.78 is 0. The summed E-state index contributed by atoms with van der Waals surface area (Å²) in [6.07, 6.45) is 12.0. The Kier molecular flexibility index (Phi) is 36.1. The van der Waals surface area contributed by atoms with Crippen molar-refractivity contribution in [3.05, 3.63) is 44.9 Å². The van der Waals surface area contributed by atoms with Gasteiger partial charge in [0.1, 0.15) is 0 Å². The van der Waals surface area contributed by atoms with Crippen LogP contribution in [-0.4, -0.2) is 39.6 Å². The Hall–Kier alpha value is 0.906. The molecule has 0 bridgehead atoms. The molecule has 1 aliphatic carbocycles. The van der Waals surface area contributed by atoms with E-state index in [4.69, 9.17) is 5.11 Å². The van der Waals surface area contributed by atoms with Crippen molar-refractivity contribution in [3.63, 3.8) is 0 Å². The Bertz CT molecular complexity index is 211. The Morgan fingerprint density at radius 3 is 1.75 bits per heavy atom. The molecule has 0 aromatic rings. The second-order valence-corrected chi connectivity index (χ2v) is 4.93. The molecule has 0 aromatic heterocycles. The molecule has 2 atom stereocenters. The van der Waals surface area contributed by atoms with Crippen LogP contribution >= 0.6 is 15.9 Å². The van der Waals surface area contributed by atoms with Gasteiger partial charge in [-0.2, -0.15) is 6.42 Å². The number of rotatable bonds is 7. The van der Waals surface area contributed by atoms with Gasteiger partial charge in [-0.05, 0) is 31.6 Å². The van der Waals surface area contributed by atoms with E-state index in [0.29, 0.717) is 5.92 Å². The standard InChI is InChI=1S/C6H10O.C5H9Br.C5H9.BrH.Mg/c1-2-3-5-4-6(5)7;1-2-3-4-5-6;1-3-5-4-2;;/h2,5-7H,1,3-4H2;2H,1,3-5H2;3H,1-2,4-5H2;1H;/q;;-1;;+2/p-1. The first-order valence-corrected chi connectivity index (χ1v) is 7.65. The molecule has 1 saturated carbocycles. The number of hydrogen-bond donors (Lipinski definition) is 1. The van der Waals surface area contributed by atoms with E-state index in [2.05, 4.69) is 42.6 Å². The fourth-order valence-electron chi connectivity index (χ4n) is 1.06. The second-order valence-electron chi connectivity index (χ2n) is 4.14. The Balaban J connectivity index is -0.0000000930. The molecule has 1 N–H and O–H groups in total. The Morgan fingerprint density at radius 1 is 1.15 bits per heavy atom. The van der Waals surface area contributed by atoms with E-state index < -0.39 is 0 Å². The van der Waals surface area contributed by atoms with E-state index in [1.807, 2.05) is 18.2 Å². The molecule has 1 nitrogen and oxygen atoms in total. The summed E-state index contributed by atoms with van der Waals surface area (Å²) in [7, 11) is 0. The molecule has 0 heterocycles. The molecular weight excluding hydrogens is 392 g/mol. The van der Waals surface area contributed by atoms with Crippen molar-refractivity contribution >= 4 is 39.0 Å². The molecule has 0 aliphatic heterocycles. The van der Waals surface area contributed by atoms with Crippen LogP contribution in [-0.2, 0) is 0 Å². The van der Waals surface area contributed by atoms with Gasteiger partial charge in [0.2, 0.25) is 0 Å². The van der Waals surface area contributed by atoms with Gasteiger partial charge in [-0.25, -0.2) is 0 Å². The molecule has 1 aliphatic rings. The molecular formula is C16H28Br2MgO. The molecule has 0 amide bonds. The van der Waals surface area contributed by atoms with E-state index in [9.17, 15) is 0 Å². The van der Waals surface area contributed by atoms with Crippen molar-refractivity contribution in [3.8, 4) is 0 Å². The molecule has 0 saturated heterocycles. The number of hydrogen-bond acceptors (Lipinski definition) is 1. The molecule has 2 unspecified atom stereocenters. The summed E-state index contributed by atoms with van der Waals surface area (Å²) in [6, 6.07) is 0. The van der Waals surface area contributed by atoms with Crippen molar-refractivity contribution < 1.29 is 22.1 Å². The fourth-order valence-corrected chi connectivity index (χ4v) is 1.39. The number of alkyl halides is 1. The van der Waals surface area contributed by atoms with Gasteiger partial charge in [0.25, 0.3) is 0 Å². The minimum absolute atomic E-state index is 0. The van der Waals surface area contributed by atoms with Gasteiger partial charge < -0.3 is 29.0 Å². The quantitative estimate of drug-likeness (QED) is 0.219. The minimum atomic E-state index is -0.00185. The molecule has 0 radical (unpaired) electrons. The van der Waals surface area contributed by atoms with Crippen molar-refractivity contribution in [2.75, 3.05) is 5.33 Å². The van der Waals surface area contributed by atoms with E-state index in [-0.39, 0.29) is 46.1 Å². The van der Waals surface area contributed by atoms with Crippen molar-refractivity contribution in [1.82, 2.24) is 0 Å². The third-order valence-electron chi connectivity index (χ3n) is 2.30. The van der Waals surface area contributed by atoms with Gasteiger partial charge in [0, 0.05) is 5.33 Å². The monoisotopic (exact) mass is 418 g/mol. The van der Waals surface area contributed by atoms with E-state index >= 15 is 0 Å². The van der Waals surface area contributed by atoms with Crippen LogP contribution in [0.2, 0.25) is 0 Å². The summed E-state index contributed by atoms with van der Waals surface area (Å²) in [4.78, 5) is 0. The molecule has 0 aromatic carbocycles. The fraction of sp³-hybridized carbons (Fsp3) is 0.562. The zero-order valence-electron chi connectivity index (χ0n) is 12.6. The van der Waals surface area contributed by atoms with Gasteiger partial charge >= 0.3 is 23.1 Å². The molecule has 20 heavy (non-hydrogen) atoms. The van der Waals surface area contributed by atoms with Crippen LogP contribution in [0, 0.1) is 12.8 Å². The first-order chi connectivity index (χ1) is 8.67. The summed E-state index contributed by atoms with van der Waals surface area (Å²) in [5.41, 5.74) is 0. The maximum absolute atomic E-state index is 8.71. The number of unbranched alkanes of at least 4 members (excludes halogenated alkanes) is 2. The molecule has 114 valence electrons. The number of aliphatic hydroxyl groups excluding tert-OH is 1. The van der Waals surface area contributed by atoms with Crippen LogP contribution in [0.1, 0.15) is 38.5 Å². The van der Waals surface area contributed by atoms with Gasteiger partial charge in [0.05, 0.1) is 6.10 Å². The topological polar surface area (TPSA) is 20.2 Å². The summed E-state index contributed by atoms with van der Waals surface area (Å²) >= 11 is 3.30. The zero-order valence-corrected chi connectivity index (χ0v) is 17.2. The average molecular weight is 421 g/mol. The second kappa shape index (κ2) is 24.9. The third kappa shape index (κ3) is 27.3. The largest absolute Gasteiger partial charge is 2.00 e. The van der Waals surface area contributed by atoms with Crippen molar-refractivity contribution in [1.29, 1.82) is 0 Å². The summed E-state index contributed by atoms with van der Waals surface area (Å²) in [5, 5.41) is 9.81. The molecule has 4 heteroatoms. The summed E-state index contributed by atoms with van der Waals surface area (Å²) in [5.74, 6) is 0.553. The van der Waals surface area contributed by atoms with Gasteiger partial charge in [-0.3, -0.25) is 0 Å². The van der Waals surface area contributed by atoms with Crippen LogP contribution in [0.3, 0.4) is 0 Å². The Morgan fingerprint density at radius 2 is 1.65 bits per heavy atom.